The van der Waals surface area contributed by atoms with Crippen molar-refractivity contribution in [1.29, 1.82) is 0 Å². The van der Waals surface area contributed by atoms with Gasteiger partial charge in [0, 0.05) is 12.2 Å². The molecular weight excluding hydrogens is 296 g/mol. The number of carbonyl (C=O) groups excluding carboxylic acids is 1. The number of rotatable bonds is 5. The van der Waals surface area contributed by atoms with Crippen molar-refractivity contribution in [3.63, 3.8) is 0 Å². The van der Waals surface area contributed by atoms with Crippen LogP contribution in [0, 0.1) is 0 Å². The highest BCUT2D eigenvalue weighted by molar-refractivity contribution is 7.07. The molecule has 0 radical (unpaired) electrons. The molecular formula is C14H15ClN2O2S. The first kappa shape index (κ1) is 14.7. The quantitative estimate of drug-likeness (QED) is 0.656. The van der Waals surface area contributed by atoms with Crippen LogP contribution in [0.5, 0.6) is 0 Å². The molecule has 0 atom stereocenters. The zero-order valence-electron chi connectivity index (χ0n) is 11.0. The Morgan fingerprint density at radius 3 is 2.95 bits per heavy atom. The molecule has 0 aliphatic carbocycles. The summed E-state index contributed by atoms with van der Waals surface area (Å²) in [5.41, 5.74) is 8.29. The maximum absolute atomic E-state index is 11.8. The number of methoxy groups -OCH3 is 1. The lowest BCUT2D eigenvalue weighted by molar-refractivity contribution is 0.0602. The van der Waals surface area contributed by atoms with Gasteiger partial charge in [0.15, 0.2) is 0 Å². The number of nitrogens with two attached hydrogens (primary N) is 1. The van der Waals surface area contributed by atoms with Crippen molar-refractivity contribution in [2.45, 2.75) is 6.42 Å². The van der Waals surface area contributed by atoms with Crippen molar-refractivity contribution in [3.05, 3.63) is 45.1 Å². The van der Waals surface area contributed by atoms with Crippen molar-refractivity contribution in [2.75, 3.05) is 24.7 Å². The lowest BCUT2D eigenvalue weighted by Gasteiger charge is -2.13. The third kappa shape index (κ3) is 3.43. The number of thiophene rings is 1. The average Bonchev–Trinajstić information content (AvgIpc) is 2.93. The Morgan fingerprint density at radius 1 is 1.50 bits per heavy atom. The fraction of sp³-hybridized carbons (Fsp3) is 0.214. The van der Waals surface area contributed by atoms with Crippen molar-refractivity contribution >= 4 is 40.3 Å². The third-order valence-electron chi connectivity index (χ3n) is 2.81. The highest BCUT2D eigenvalue weighted by atomic mass is 35.5. The van der Waals surface area contributed by atoms with Gasteiger partial charge >= 0.3 is 5.97 Å². The van der Waals surface area contributed by atoms with Gasteiger partial charge in [-0.15, -0.1) is 0 Å². The third-order valence-corrected chi connectivity index (χ3v) is 3.84. The number of halogens is 1. The van der Waals surface area contributed by atoms with Crippen molar-refractivity contribution in [2.24, 2.45) is 0 Å². The van der Waals surface area contributed by atoms with Crippen LogP contribution in [0.15, 0.2) is 29.0 Å². The van der Waals surface area contributed by atoms with Crippen LogP contribution in [-0.4, -0.2) is 19.6 Å². The zero-order valence-corrected chi connectivity index (χ0v) is 12.6. The maximum Gasteiger partial charge on any atom is 0.340 e. The van der Waals surface area contributed by atoms with Crippen LogP contribution in [0.3, 0.4) is 0 Å². The summed E-state index contributed by atoms with van der Waals surface area (Å²) in [6.07, 6.45) is 0.852. The molecule has 6 heteroatoms. The lowest BCUT2D eigenvalue weighted by Crippen LogP contribution is -2.11. The molecule has 20 heavy (non-hydrogen) atoms. The van der Waals surface area contributed by atoms with Crippen LogP contribution in [0.2, 0.25) is 5.02 Å². The van der Waals surface area contributed by atoms with Crippen LogP contribution in [0.4, 0.5) is 11.4 Å². The van der Waals surface area contributed by atoms with Gasteiger partial charge in [0.1, 0.15) is 0 Å². The molecule has 0 saturated carbocycles. The molecule has 0 saturated heterocycles. The van der Waals surface area contributed by atoms with Gasteiger partial charge in [-0.25, -0.2) is 4.79 Å². The Labute approximate surface area is 126 Å². The average molecular weight is 311 g/mol. The summed E-state index contributed by atoms with van der Waals surface area (Å²) in [6, 6.07) is 5.24. The van der Waals surface area contributed by atoms with E-state index in [4.69, 9.17) is 22.1 Å². The van der Waals surface area contributed by atoms with Gasteiger partial charge in [0.2, 0.25) is 0 Å². The van der Waals surface area contributed by atoms with Gasteiger partial charge in [0.05, 0.1) is 23.4 Å². The first-order valence-electron chi connectivity index (χ1n) is 6.04. The summed E-state index contributed by atoms with van der Waals surface area (Å²) in [5.74, 6) is -0.461. The molecule has 0 unspecified atom stereocenters. The van der Waals surface area contributed by atoms with Crippen molar-refractivity contribution < 1.29 is 9.53 Å². The minimum Gasteiger partial charge on any atom is -0.465 e. The summed E-state index contributed by atoms with van der Waals surface area (Å²) in [4.78, 5) is 11.8. The van der Waals surface area contributed by atoms with Gasteiger partial charge in [-0.05, 0) is 40.9 Å². The maximum atomic E-state index is 11.8. The molecule has 0 bridgehead atoms. The number of esters is 1. The monoisotopic (exact) mass is 310 g/mol. The first-order valence-corrected chi connectivity index (χ1v) is 7.36. The molecule has 1 heterocycles. The van der Waals surface area contributed by atoms with E-state index >= 15 is 0 Å². The Kier molecular flexibility index (Phi) is 4.87. The molecule has 106 valence electrons. The lowest BCUT2D eigenvalue weighted by atomic mass is 10.1. The standard InChI is InChI=1S/C14H15ClN2O2S/c1-19-14(18)11-6-10(16)7-12(15)13(11)17-4-2-9-3-5-20-8-9/h3,5-8,17H,2,4,16H2,1H3. The number of anilines is 2. The van der Waals surface area contributed by atoms with E-state index in [0.717, 1.165) is 6.42 Å². The SMILES string of the molecule is COC(=O)c1cc(N)cc(Cl)c1NCCc1ccsc1. The second-order valence-electron chi connectivity index (χ2n) is 4.23. The smallest absolute Gasteiger partial charge is 0.340 e. The molecule has 3 N–H and O–H groups in total. The Morgan fingerprint density at radius 2 is 2.30 bits per heavy atom. The van der Waals surface area contributed by atoms with Crippen LogP contribution in [0.1, 0.15) is 15.9 Å². The zero-order chi connectivity index (χ0) is 14.5. The molecule has 0 aliphatic heterocycles. The molecule has 4 nitrogen and oxygen atoms in total. The predicted octanol–water partition coefficient (Wildman–Crippen LogP) is 3.42. The molecule has 1 aromatic carbocycles. The van der Waals surface area contributed by atoms with Crippen LogP contribution in [-0.2, 0) is 11.2 Å². The topological polar surface area (TPSA) is 64.3 Å². The summed E-state index contributed by atoms with van der Waals surface area (Å²) in [7, 11) is 1.33. The van der Waals surface area contributed by atoms with Crippen molar-refractivity contribution in [3.8, 4) is 0 Å². The largest absolute Gasteiger partial charge is 0.465 e. The second kappa shape index (κ2) is 6.63. The fourth-order valence-corrected chi connectivity index (χ4v) is 2.84. The Bertz CT molecular complexity index is 599. The number of hydrogen-bond acceptors (Lipinski definition) is 5. The molecule has 2 aromatic rings. The van der Waals surface area contributed by atoms with Gasteiger partial charge < -0.3 is 15.8 Å². The number of nitrogens with one attached hydrogen (secondary N) is 1. The molecule has 0 aliphatic rings. The number of nitrogen functional groups attached to an aromatic ring is 1. The van der Waals surface area contributed by atoms with E-state index < -0.39 is 5.97 Å². The van der Waals surface area contributed by atoms with E-state index in [1.807, 2.05) is 5.38 Å². The van der Waals surface area contributed by atoms with E-state index in [2.05, 4.69) is 16.8 Å². The number of hydrogen-bond donors (Lipinski definition) is 2. The van der Waals surface area contributed by atoms with Gasteiger partial charge in [0.25, 0.3) is 0 Å². The molecule has 0 spiro atoms. The van der Waals surface area contributed by atoms with Crippen molar-refractivity contribution in [1.82, 2.24) is 0 Å². The highest BCUT2D eigenvalue weighted by Crippen LogP contribution is 2.29. The summed E-state index contributed by atoms with van der Waals surface area (Å²) in [6.45, 7) is 0.671. The molecule has 0 amide bonds. The summed E-state index contributed by atoms with van der Waals surface area (Å²) in [5, 5.41) is 7.72. The highest BCUT2D eigenvalue weighted by Gasteiger charge is 2.15. The Balaban J connectivity index is 2.15. The number of carbonyl (C=O) groups is 1. The van der Waals surface area contributed by atoms with Crippen LogP contribution in [0.25, 0.3) is 0 Å². The number of benzene rings is 1. The normalized spacial score (nSPS) is 10.3. The number of ether oxygens (including phenoxy) is 1. The minimum atomic E-state index is -0.461. The van der Waals surface area contributed by atoms with Crippen LogP contribution < -0.4 is 11.1 Å². The summed E-state index contributed by atoms with van der Waals surface area (Å²) < 4.78 is 4.75. The summed E-state index contributed by atoms with van der Waals surface area (Å²) >= 11 is 7.81. The molecule has 1 aromatic heterocycles. The van der Waals surface area contributed by atoms with E-state index in [0.29, 0.717) is 28.5 Å². The van der Waals surface area contributed by atoms with E-state index in [-0.39, 0.29) is 0 Å². The van der Waals surface area contributed by atoms with Gasteiger partial charge in [-0.1, -0.05) is 11.6 Å². The van der Waals surface area contributed by atoms with Crippen LogP contribution >= 0.6 is 22.9 Å². The molecule has 2 rings (SSSR count). The fourth-order valence-electron chi connectivity index (χ4n) is 1.84. The second-order valence-corrected chi connectivity index (χ2v) is 5.41. The van der Waals surface area contributed by atoms with Gasteiger partial charge in [-0.3, -0.25) is 0 Å². The van der Waals surface area contributed by atoms with E-state index in [1.165, 1.54) is 12.7 Å². The molecule has 0 fully saturated rings. The van der Waals surface area contributed by atoms with Gasteiger partial charge in [-0.2, -0.15) is 11.3 Å². The first-order chi connectivity index (χ1) is 9.61. The Hall–Kier alpha value is -1.72. The van der Waals surface area contributed by atoms with E-state index in [1.54, 1.807) is 23.5 Å². The minimum absolute atomic E-state index is 0.350. The van der Waals surface area contributed by atoms with E-state index in [9.17, 15) is 4.79 Å². The predicted molar refractivity (Wildman–Crippen MR) is 83.7 cm³/mol.